The van der Waals surface area contributed by atoms with Crippen molar-refractivity contribution in [1.82, 2.24) is 0 Å². The minimum Gasteiger partial charge on any atom is -0.867 e. The molecule has 0 bridgehead atoms. The van der Waals surface area contributed by atoms with Crippen LogP contribution in [0.2, 0.25) is 0 Å². The number of hydrogen-bond donors (Lipinski definition) is 2. The molecule has 7 heteroatoms. The maximum atomic E-state index is 12.3. The molecule has 0 spiro atoms. The van der Waals surface area contributed by atoms with Crippen LogP contribution in [0.4, 0.5) is 0 Å². The highest BCUT2D eigenvalue weighted by Gasteiger charge is 2.15. The van der Waals surface area contributed by atoms with Gasteiger partial charge in [0.25, 0.3) is 0 Å². The van der Waals surface area contributed by atoms with Crippen molar-refractivity contribution in [3.05, 3.63) is 40.6 Å². The van der Waals surface area contributed by atoms with Crippen LogP contribution in [0, 0.1) is 0 Å². The standard InChI is InChI=1S/C17H14O7/c1-22-9-6-11(19)14-13(7-9)24-17(16(21)15(14)20)8-3-4-10(18)12(5-8)23-2/h3-7,18-19,21H,1-2H3/p-1. The number of ether oxygens (including phenoxy) is 2. The molecule has 0 atom stereocenters. The van der Waals surface area contributed by atoms with Crippen LogP contribution in [0.5, 0.6) is 28.7 Å². The minimum atomic E-state index is -0.907. The molecular formula is C17H13O7-. The molecule has 3 rings (SSSR count). The molecule has 0 aliphatic heterocycles. The Hall–Kier alpha value is -3.35. The number of benzene rings is 2. The summed E-state index contributed by atoms with van der Waals surface area (Å²) in [7, 11) is 2.75. The van der Waals surface area contributed by atoms with Crippen LogP contribution in [0.25, 0.3) is 22.3 Å². The molecule has 1 aromatic heterocycles. The fourth-order valence-electron chi connectivity index (χ4n) is 2.38. The van der Waals surface area contributed by atoms with Crippen LogP contribution < -0.4 is 20.0 Å². The summed E-state index contributed by atoms with van der Waals surface area (Å²) in [5.74, 6) is -1.24. The number of methoxy groups -OCH3 is 2. The van der Waals surface area contributed by atoms with Gasteiger partial charge in [0.1, 0.15) is 28.2 Å². The third kappa shape index (κ3) is 2.36. The van der Waals surface area contributed by atoms with E-state index in [1.165, 1.54) is 44.6 Å². The number of fused-ring (bicyclic) bond motifs is 1. The van der Waals surface area contributed by atoms with E-state index in [4.69, 9.17) is 13.9 Å². The predicted octanol–water partition coefficient (Wildman–Crippen LogP) is 1.96. The van der Waals surface area contributed by atoms with Crippen LogP contribution >= 0.6 is 0 Å². The van der Waals surface area contributed by atoms with Gasteiger partial charge in [-0.25, -0.2) is 0 Å². The van der Waals surface area contributed by atoms with Gasteiger partial charge in [0.05, 0.1) is 14.2 Å². The van der Waals surface area contributed by atoms with E-state index in [0.29, 0.717) is 0 Å². The van der Waals surface area contributed by atoms with E-state index >= 15 is 0 Å². The van der Waals surface area contributed by atoms with Crippen molar-refractivity contribution in [1.29, 1.82) is 0 Å². The zero-order valence-electron chi connectivity index (χ0n) is 12.8. The van der Waals surface area contributed by atoms with E-state index in [2.05, 4.69) is 0 Å². The van der Waals surface area contributed by atoms with Crippen LogP contribution in [-0.4, -0.2) is 24.4 Å². The maximum absolute atomic E-state index is 12.3. The van der Waals surface area contributed by atoms with Crippen molar-refractivity contribution >= 4 is 11.0 Å². The Morgan fingerprint density at radius 1 is 1.04 bits per heavy atom. The van der Waals surface area contributed by atoms with Crippen LogP contribution in [0.15, 0.2) is 39.5 Å². The van der Waals surface area contributed by atoms with Crippen molar-refractivity contribution in [2.45, 2.75) is 0 Å². The number of hydrogen-bond acceptors (Lipinski definition) is 7. The number of rotatable bonds is 3. The van der Waals surface area contributed by atoms with Crippen molar-refractivity contribution in [3.8, 4) is 40.1 Å². The molecular weight excluding hydrogens is 316 g/mol. The molecule has 2 aromatic carbocycles. The Balaban J connectivity index is 2.33. The Morgan fingerprint density at radius 2 is 1.79 bits per heavy atom. The lowest BCUT2D eigenvalue weighted by Gasteiger charge is -2.15. The zero-order chi connectivity index (χ0) is 17.4. The topological polar surface area (TPSA) is 112 Å². The lowest BCUT2D eigenvalue weighted by Crippen LogP contribution is -2.11. The molecule has 3 aromatic rings. The normalized spacial score (nSPS) is 10.8. The molecule has 0 fully saturated rings. The number of phenolic OH excluding ortho intramolecular Hbond substituents is 2. The third-order valence-electron chi connectivity index (χ3n) is 3.58. The smallest absolute Gasteiger partial charge is 0.189 e. The molecule has 0 aliphatic rings. The first kappa shape index (κ1) is 15.5. The number of aromatic hydroxyl groups is 2. The fourth-order valence-corrected chi connectivity index (χ4v) is 2.38. The molecule has 0 saturated carbocycles. The Morgan fingerprint density at radius 3 is 2.46 bits per heavy atom. The first-order chi connectivity index (χ1) is 11.5. The summed E-state index contributed by atoms with van der Waals surface area (Å²) in [5, 5.41) is 31.7. The molecule has 24 heavy (non-hydrogen) atoms. The molecule has 0 aliphatic carbocycles. The molecule has 0 unspecified atom stereocenters. The summed E-state index contributed by atoms with van der Waals surface area (Å²) in [6.45, 7) is 0. The number of phenols is 2. The predicted molar refractivity (Wildman–Crippen MR) is 83.8 cm³/mol. The van der Waals surface area contributed by atoms with Gasteiger partial charge >= 0.3 is 0 Å². The van der Waals surface area contributed by atoms with E-state index in [-0.39, 0.29) is 39.5 Å². The van der Waals surface area contributed by atoms with Crippen LogP contribution in [0.1, 0.15) is 0 Å². The summed E-state index contributed by atoms with van der Waals surface area (Å²) in [6.07, 6.45) is 0. The highest BCUT2D eigenvalue weighted by Crippen LogP contribution is 2.37. The zero-order valence-corrected chi connectivity index (χ0v) is 12.8. The van der Waals surface area contributed by atoms with Crippen molar-refractivity contribution in [3.63, 3.8) is 0 Å². The largest absolute Gasteiger partial charge is 0.867 e. The van der Waals surface area contributed by atoms with Crippen LogP contribution in [-0.2, 0) is 0 Å². The molecule has 0 amide bonds. The Kier molecular flexibility index (Phi) is 3.69. The lowest BCUT2D eigenvalue weighted by atomic mass is 10.1. The van der Waals surface area contributed by atoms with E-state index in [0.717, 1.165) is 0 Å². The van der Waals surface area contributed by atoms with Gasteiger partial charge in [-0.3, -0.25) is 4.79 Å². The van der Waals surface area contributed by atoms with Gasteiger partial charge in [-0.1, -0.05) is 0 Å². The van der Waals surface area contributed by atoms with Gasteiger partial charge in [0.15, 0.2) is 16.9 Å². The first-order valence-corrected chi connectivity index (χ1v) is 6.88. The van der Waals surface area contributed by atoms with Crippen molar-refractivity contribution < 1.29 is 29.2 Å². The Bertz CT molecular complexity index is 988. The lowest BCUT2D eigenvalue weighted by molar-refractivity contribution is -0.270. The molecule has 0 saturated heterocycles. The van der Waals surface area contributed by atoms with Gasteiger partial charge in [-0.15, -0.1) is 0 Å². The molecule has 7 nitrogen and oxygen atoms in total. The summed E-state index contributed by atoms with van der Waals surface area (Å²) < 4.78 is 15.5. The third-order valence-corrected chi connectivity index (χ3v) is 3.58. The molecule has 2 N–H and O–H groups in total. The van der Waals surface area contributed by atoms with E-state index in [1.54, 1.807) is 0 Å². The van der Waals surface area contributed by atoms with E-state index in [1.807, 2.05) is 0 Å². The second kappa shape index (κ2) is 5.69. The summed E-state index contributed by atoms with van der Waals surface area (Å²) in [6, 6.07) is 6.74. The SMILES string of the molecule is COc1cc(O)c2c(=O)c([O-])c(-c3ccc(O)c(OC)c3)oc2c1. The monoisotopic (exact) mass is 329 g/mol. The second-order valence-electron chi connectivity index (χ2n) is 5.00. The van der Waals surface area contributed by atoms with Gasteiger partial charge in [-0.05, 0) is 23.9 Å². The van der Waals surface area contributed by atoms with Gasteiger partial charge in [-0.2, -0.15) is 0 Å². The van der Waals surface area contributed by atoms with Crippen LogP contribution in [0.3, 0.4) is 0 Å². The Labute approximate surface area is 135 Å². The van der Waals surface area contributed by atoms with E-state index < -0.39 is 16.9 Å². The fraction of sp³-hybridized carbons (Fsp3) is 0.118. The summed E-state index contributed by atoms with van der Waals surface area (Å²) in [4.78, 5) is 12.3. The summed E-state index contributed by atoms with van der Waals surface area (Å²) >= 11 is 0. The van der Waals surface area contributed by atoms with Gasteiger partial charge in [0.2, 0.25) is 0 Å². The van der Waals surface area contributed by atoms with Crippen molar-refractivity contribution in [2.24, 2.45) is 0 Å². The molecule has 0 radical (unpaired) electrons. The first-order valence-electron chi connectivity index (χ1n) is 6.88. The average Bonchev–Trinajstić information content (AvgIpc) is 2.58. The molecule has 124 valence electrons. The highest BCUT2D eigenvalue weighted by atomic mass is 16.5. The molecule has 1 heterocycles. The quantitative estimate of drug-likeness (QED) is 0.755. The van der Waals surface area contributed by atoms with E-state index in [9.17, 15) is 20.1 Å². The highest BCUT2D eigenvalue weighted by molar-refractivity contribution is 5.88. The van der Waals surface area contributed by atoms with Crippen molar-refractivity contribution in [2.75, 3.05) is 14.2 Å². The average molecular weight is 329 g/mol. The van der Waals surface area contributed by atoms with Gasteiger partial charge in [0, 0.05) is 17.7 Å². The minimum absolute atomic E-state index is 0.0125. The summed E-state index contributed by atoms with van der Waals surface area (Å²) in [5.41, 5.74) is -0.618. The van der Waals surface area contributed by atoms with Gasteiger partial charge < -0.3 is 29.2 Å². The maximum Gasteiger partial charge on any atom is 0.189 e. The second-order valence-corrected chi connectivity index (χ2v) is 5.00.